The number of nitrogens with zero attached hydrogens (tertiary/aromatic N) is 2. The van der Waals surface area contributed by atoms with Crippen LogP contribution >= 0.6 is 11.8 Å². The van der Waals surface area contributed by atoms with E-state index in [0.717, 1.165) is 29.7 Å². The molecule has 0 aliphatic carbocycles. The minimum absolute atomic E-state index is 0.0224. The molecule has 10 heteroatoms. The summed E-state index contributed by atoms with van der Waals surface area (Å²) in [6, 6.07) is 5.71. The standard InChI is InChI=1S/C19H24N2O6S2/c1-3-12-6-5-7-13(4-2)18(12)21-14-10-29(25,26)11-15(14)28-19(21)20-16(22)8-27-9-17(23)24/h5-7,14-15H,3-4,8-11H2,1-2H3,(H,23,24)/t14-,15-/m1/s1. The summed E-state index contributed by atoms with van der Waals surface area (Å²) < 4.78 is 29.3. The number of ether oxygens (including phenoxy) is 1. The molecule has 0 spiro atoms. The van der Waals surface area contributed by atoms with Crippen molar-refractivity contribution in [3.8, 4) is 0 Å². The molecule has 2 aliphatic heterocycles. The van der Waals surface area contributed by atoms with Crippen molar-refractivity contribution in [2.75, 3.05) is 29.6 Å². The lowest BCUT2D eigenvalue weighted by molar-refractivity contribution is -0.143. The van der Waals surface area contributed by atoms with Crippen molar-refractivity contribution < 1.29 is 27.9 Å². The second kappa shape index (κ2) is 8.85. The molecule has 2 atom stereocenters. The van der Waals surface area contributed by atoms with Gasteiger partial charge in [-0.1, -0.05) is 43.8 Å². The highest BCUT2D eigenvalue weighted by Crippen LogP contribution is 2.43. The van der Waals surface area contributed by atoms with E-state index in [4.69, 9.17) is 9.84 Å². The molecule has 158 valence electrons. The van der Waals surface area contributed by atoms with Crippen molar-refractivity contribution in [1.29, 1.82) is 0 Å². The first-order valence-corrected chi connectivity index (χ1v) is 12.1. The van der Waals surface area contributed by atoms with Gasteiger partial charge in [-0.3, -0.25) is 4.79 Å². The van der Waals surface area contributed by atoms with Crippen LogP contribution in [0.25, 0.3) is 0 Å². The molecule has 0 aromatic heterocycles. The van der Waals surface area contributed by atoms with Crippen LogP contribution in [0.4, 0.5) is 5.69 Å². The maximum atomic E-state index is 12.2. The molecule has 8 nitrogen and oxygen atoms in total. The van der Waals surface area contributed by atoms with Gasteiger partial charge < -0.3 is 14.7 Å². The number of para-hydroxylation sites is 1. The number of hydrogen-bond acceptors (Lipinski definition) is 6. The number of benzene rings is 1. The predicted molar refractivity (Wildman–Crippen MR) is 112 cm³/mol. The van der Waals surface area contributed by atoms with Crippen LogP contribution in [0.1, 0.15) is 25.0 Å². The van der Waals surface area contributed by atoms with Crippen molar-refractivity contribution in [2.45, 2.75) is 38.0 Å². The maximum absolute atomic E-state index is 12.2. The number of aliphatic carboxylic acids is 1. The van der Waals surface area contributed by atoms with Crippen LogP contribution in [0.15, 0.2) is 23.2 Å². The number of thioether (sulfide) groups is 1. The Morgan fingerprint density at radius 1 is 1.21 bits per heavy atom. The summed E-state index contributed by atoms with van der Waals surface area (Å²) in [5, 5.41) is 8.89. The van der Waals surface area contributed by atoms with E-state index >= 15 is 0 Å². The van der Waals surface area contributed by atoms with E-state index in [9.17, 15) is 18.0 Å². The average molecular weight is 441 g/mol. The SMILES string of the molecule is CCc1cccc(CC)c1N1C(=NC(=O)COCC(=O)O)S[C@@H]2CS(=O)(=O)C[C@H]21. The van der Waals surface area contributed by atoms with Crippen LogP contribution in [0.2, 0.25) is 0 Å². The Kier molecular flexibility index (Phi) is 6.65. The first kappa shape index (κ1) is 21.8. The van der Waals surface area contributed by atoms with Crippen molar-refractivity contribution in [3.05, 3.63) is 29.3 Å². The van der Waals surface area contributed by atoms with Crippen molar-refractivity contribution in [3.63, 3.8) is 0 Å². The number of fused-ring (bicyclic) bond motifs is 1. The van der Waals surface area contributed by atoms with Gasteiger partial charge in [0, 0.05) is 10.9 Å². The Morgan fingerprint density at radius 3 is 2.45 bits per heavy atom. The zero-order valence-corrected chi connectivity index (χ0v) is 18.0. The summed E-state index contributed by atoms with van der Waals surface area (Å²) in [4.78, 5) is 28.9. The van der Waals surface area contributed by atoms with E-state index in [-0.39, 0.29) is 22.8 Å². The molecule has 1 aromatic rings. The van der Waals surface area contributed by atoms with E-state index < -0.39 is 34.9 Å². The molecule has 0 saturated carbocycles. The number of anilines is 1. The summed E-state index contributed by atoms with van der Waals surface area (Å²) in [6.07, 6.45) is 1.52. The Labute approximate surface area is 174 Å². The summed E-state index contributed by atoms with van der Waals surface area (Å²) in [5.74, 6) is -1.67. The Hall–Kier alpha value is -1.91. The number of sulfone groups is 1. The number of rotatable bonds is 7. The van der Waals surface area contributed by atoms with Gasteiger partial charge in [-0.25, -0.2) is 13.2 Å². The summed E-state index contributed by atoms with van der Waals surface area (Å²) in [5.41, 5.74) is 3.06. The monoisotopic (exact) mass is 440 g/mol. The lowest BCUT2D eigenvalue weighted by atomic mass is 10.0. The van der Waals surface area contributed by atoms with Gasteiger partial charge >= 0.3 is 5.97 Å². The molecular weight excluding hydrogens is 416 g/mol. The zero-order chi connectivity index (χ0) is 21.2. The number of carbonyl (C=O) groups is 2. The highest BCUT2D eigenvalue weighted by Gasteiger charge is 2.50. The van der Waals surface area contributed by atoms with E-state index in [1.165, 1.54) is 11.8 Å². The normalized spacial score (nSPS) is 24.1. The smallest absolute Gasteiger partial charge is 0.329 e. The van der Waals surface area contributed by atoms with Gasteiger partial charge in [0.05, 0.1) is 17.5 Å². The van der Waals surface area contributed by atoms with Gasteiger partial charge in [-0.2, -0.15) is 4.99 Å². The molecule has 0 radical (unpaired) electrons. The molecule has 2 saturated heterocycles. The van der Waals surface area contributed by atoms with Gasteiger partial charge in [-0.15, -0.1) is 0 Å². The predicted octanol–water partition coefficient (Wildman–Crippen LogP) is 1.51. The fourth-order valence-electron chi connectivity index (χ4n) is 3.72. The molecular formula is C19H24N2O6S2. The Morgan fingerprint density at radius 2 is 1.86 bits per heavy atom. The fraction of sp³-hybridized carbons (Fsp3) is 0.526. The van der Waals surface area contributed by atoms with E-state index in [1.54, 1.807) is 0 Å². The number of amides is 1. The van der Waals surface area contributed by atoms with Gasteiger partial charge in [0.1, 0.15) is 13.2 Å². The molecule has 1 amide bonds. The number of aryl methyl sites for hydroxylation is 2. The molecule has 1 aromatic carbocycles. The van der Waals surface area contributed by atoms with Crippen molar-refractivity contribution in [1.82, 2.24) is 0 Å². The third-order valence-electron chi connectivity index (χ3n) is 4.94. The van der Waals surface area contributed by atoms with E-state index in [1.807, 2.05) is 36.9 Å². The van der Waals surface area contributed by atoms with E-state index in [0.29, 0.717) is 5.17 Å². The Balaban J connectivity index is 1.98. The van der Waals surface area contributed by atoms with Crippen LogP contribution in [0.5, 0.6) is 0 Å². The number of aliphatic imine (C=N–C) groups is 1. The molecule has 2 aliphatic rings. The third-order valence-corrected chi connectivity index (χ3v) is 8.15. The first-order chi connectivity index (χ1) is 13.8. The van der Waals surface area contributed by atoms with Crippen LogP contribution < -0.4 is 4.90 Å². The summed E-state index contributed by atoms with van der Waals surface area (Å²) in [6.45, 7) is 3.06. The minimum Gasteiger partial charge on any atom is -0.480 e. The first-order valence-electron chi connectivity index (χ1n) is 9.43. The fourth-order valence-corrected chi connectivity index (χ4v) is 7.63. The van der Waals surface area contributed by atoms with Crippen LogP contribution in [-0.4, -0.2) is 66.6 Å². The van der Waals surface area contributed by atoms with Gasteiger partial charge in [0.15, 0.2) is 15.0 Å². The second-order valence-electron chi connectivity index (χ2n) is 6.98. The number of carbonyl (C=O) groups excluding carboxylic acids is 1. The highest BCUT2D eigenvalue weighted by atomic mass is 32.2. The number of carboxylic acid groups (broad SMARTS) is 1. The lowest BCUT2D eigenvalue weighted by Crippen LogP contribution is -2.39. The summed E-state index contributed by atoms with van der Waals surface area (Å²) in [7, 11) is -3.15. The topological polar surface area (TPSA) is 113 Å². The molecule has 1 N–H and O–H groups in total. The molecule has 0 unspecified atom stereocenters. The lowest BCUT2D eigenvalue weighted by Gasteiger charge is -2.29. The minimum atomic E-state index is -3.15. The maximum Gasteiger partial charge on any atom is 0.329 e. The molecule has 0 bridgehead atoms. The Bertz CT molecular complexity index is 922. The average Bonchev–Trinajstić information content (AvgIpc) is 3.11. The van der Waals surface area contributed by atoms with Gasteiger partial charge in [-0.05, 0) is 24.0 Å². The van der Waals surface area contributed by atoms with Crippen LogP contribution in [-0.2, 0) is 37.0 Å². The number of carboxylic acids is 1. The van der Waals surface area contributed by atoms with Crippen molar-refractivity contribution in [2.24, 2.45) is 4.99 Å². The third kappa shape index (κ3) is 4.81. The quantitative estimate of drug-likeness (QED) is 0.679. The highest BCUT2D eigenvalue weighted by molar-refractivity contribution is 8.16. The molecule has 3 rings (SSSR count). The van der Waals surface area contributed by atoms with Crippen LogP contribution in [0.3, 0.4) is 0 Å². The van der Waals surface area contributed by atoms with Crippen LogP contribution in [0, 0.1) is 0 Å². The zero-order valence-electron chi connectivity index (χ0n) is 16.3. The largest absolute Gasteiger partial charge is 0.480 e. The van der Waals surface area contributed by atoms with Crippen molar-refractivity contribution >= 4 is 44.3 Å². The van der Waals surface area contributed by atoms with E-state index in [2.05, 4.69) is 4.99 Å². The number of amidine groups is 1. The molecule has 2 fully saturated rings. The molecule has 2 heterocycles. The second-order valence-corrected chi connectivity index (χ2v) is 10.3. The van der Waals surface area contributed by atoms with Gasteiger partial charge in [0.2, 0.25) is 0 Å². The summed E-state index contributed by atoms with van der Waals surface area (Å²) >= 11 is 1.30. The van der Waals surface area contributed by atoms with Gasteiger partial charge in [0.25, 0.3) is 5.91 Å². The molecule has 29 heavy (non-hydrogen) atoms. The number of hydrogen-bond donors (Lipinski definition) is 1.